The second kappa shape index (κ2) is 6.38. The highest BCUT2D eigenvalue weighted by molar-refractivity contribution is 5.95. The molecule has 25 heavy (non-hydrogen) atoms. The molecule has 0 unspecified atom stereocenters. The zero-order valence-electron chi connectivity index (χ0n) is 12.9. The highest BCUT2D eigenvalue weighted by atomic mass is 19.4. The van der Waals surface area contributed by atoms with E-state index in [4.69, 9.17) is 4.52 Å². The number of benzene rings is 1. The van der Waals surface area contributed by atoms with Gasteiger partial charge in [-0.15, -0.1) is 0 Å². The number of aromatic nitrogens is 4. The Labute approximate surface area is 139 Å². The van der Waals surface area contributed by atoms with Crippen LogP contribution in [0.15, 0.2) is 41.2 Å². The molecule has 3 aromatic rings. The third-order valence-corrected chi connectivity index (χ3v) is 3.31. The lowest BCUT2D eigenvalue weighted by Crippen LogP contribution is -2.26. The molecular weight excluding hydrogens is 339 g/mol. The van der Waals surface area contributed by atoms with Crippen molar-refractivity contribution in [3.05, 3.63) is 53.7 Å². The third kappa shape index (κ3) is 3.67. The van der Waals surface area contributed by atoms with Gasteiger partial charge in [-0.25, -0.2) is 0 Å². The van der Waals surface area contributed by atoms with Crippen LogP contribution in [0.25, 0.3) is 11.4 Å². The average molecular weight is 351 g/mol. The van der Waals surface area contributed by atoms with Crippen LogP contribution in [0, 0.1) is 0 Å². The molecule has 0 spiro atoms. The van der Waals surface area contributed by atoms with Gasteiger partial charge < -0.3 is 9.84 Å². The van der Waals surface area contributed by atoms with Gasteiger partial charge in [0.15, 0.2) is 0 Å². The van der Waals surface area contributed by atoms with Gasteiger partial charge in [0.1, 0.15) is 0 Å². The molecule has 1 amide bonds. The second-order valence-electron chi connectivity index (χ2n) is 5.14. The Hall–Kier alpha value is -3.17. The van der Waals surface area contributed by atoms with Crippen LogP contribution in [0.2, 0.25) is 0 Å². The van der Waals surface area contributed by atoms with Gasteiger partial charge in [-0.3, -0.25) is 9.48 Å². The number of halogens is 3. The maximum Gasteiger partial charge on any atom is 0.417 e. The number of carbonyl (C=O) groups is 1. The first-order valence-corrected chi connectivity index (χ1v) is 7.10. The summed E-state index contributed by atoms with van der Waals surface area (Å²) in [5, 5.41) is 10.0. The van der Waals surface area contributed by atoms with Crippen molar-refractivity contribution >= 4 is 5.91 Å². The molecule has 0 atom stereocenters. The van der Waals surface area contributed by atoms with Crippen LogP contribution in [0.4, 0.5) is 13.2 Å². The van der Waals surface area contributed by atoms with Crippen molar-refractivity contribution in [3.8, 4) is 11.4 Å². The minimum Gasteiger partial charge on any atom is -0.343 e. The summed E-state index contributed by atoms with van der Waals surface area (Å²) in [6.45, 7) is -0.196. The summed E-state index contributed by atoms with van der Waals surface area (Å²) < 4.78 is 45.3. The molecule has 0 aliphatic heterocycles. The summed E-state index contributed by atoms with van der Waals surface area (Å²) >= 11 is 0. The fourth-order valence-electron chi connectivity index (χ4n) is 2.16. The monoisotopic (exact) mass is 351 g/mol. The predicted molar refractivity (Wildman–Crippen MR) is 79.1 cm³/mol. The van der Waals surface area contributed by atoms with Crippen LogP contribution in [-0.2, 0) is 19.8 Å². The van der Waals surface area contributed by atoms with Crippen molar-refractivity contribution in [1.82, 2.24) is 25.2 Å². The zero-order valence-corrected chi connectivity index (χ0v) is 12.9. The van der Waals surface area contributed by atoms with Crippen molar-refractivity contribution in [2.24, 2.45) is 7.05 Å². The van der Waals surface area contributed by atoms with Gasteiger partial charge >= 0.3 is 6.18 Å². The molecular formula is C15H12F3N5O2. The molecule has 0 bridgehead atoms. The lowest BCUT2D eigenvalue weighted by atomic mass is 10.1. The first-order chi connectivity index (χ1) is 11.8. The summed E-state index contributed by atoms with van der Waals surface area (Å²) in [5.41, 5.74) is -0.859. The van der Waals surface area contributed by atoms with Crippen LogP contribution in [0.3, 0.4) is 0 Å². The van der Waals surface area contributed by atoms with Gasteiger partial charge in [0, 0.05) is 13.2 Å². The fourth-order valence-corrected chi connectivity index (χ4v) is 2.16. The molecule has 130 valence electrons. The van der Waals surface area contributed by atoms with Crippen LogP contribution < -0.4 is 5.32 Å². The number of rotatable bonds is 4. The molecule has 0 radical (unpaired) electrons. The van der Waals surface area contributed by atoms with Crippen molar-refractivity contribution in [3.63, 3.8) is 0 Å². The number of alkyl halides is 3. The fraction of sp³-hybridized carbons (Fsp3) is 0.200. The first kappa shape index (κ1) is 16.7. The van der Waals surface area contributed by atoms with Crippen molar-refractivity contribution in [1.29, 1.82) is 0 Å². The standard InChI is InChI=1S/C15H12F3N5O2/c1-23-8-9(6-20-23)13-21-12(25-22-13)7-19-14(24)10-4-2-3-5-11(10)15(16,17)18/h2-6,8H,7H2,1H3,(H,19,24). The number of hydrogen-bond donors (Lipinski definition) is 1. The average Bonchev–Trinajstić information content (AvgIpc) is 3.20. The van der Waals surface area contributed by atoms with E-state index in [0.717, 1.165) is 12.1 Å². The van der Waals surface area contributed by atoms with Crippen molar-refractivity contribution in [2.75, 3.05) is 0 Å². The van der Waals surface area contributed by atoms with E-state index >= 15 is 0 Å². The number of carbonyl (C=O) groups excluding carboxylic acids is 1. The SMILES string of the molecule is Cn1cc(-c2noc(CNC(=O)c3ccccc3C(F)(F)F)n2)cn1. The van der Waals surface area contributed by atoms with Crippen LogP contribution >= 0.6 is 0 Å². The summed E-state index contributed by atoms with van der Waals surface area (Å²) in [7, 11) is 1.73. The molecule has 1 aromatic carbocycles. The Morgan fingerprint density at radius 3 is 2.76 bits per heavy atom. The largest absolute Gasteiger partial charge is 0.417 e. The first-order valence-electron chi connectivity index (χ1n) is 7.10. The van der Waals surface area contributed by atoms with E-state index in [1.165, 1.54) is 18.3 Å². The maximum absolute atomic E-state index is 12.9. The molecule has 0 aliphatic carbocycles. The second-order valence-corrected chi connectivity index (χ2v) is 5.14. The van der Waals surface area contributed by atoms with Crippen LogP contribution in [0.1, 0.15) is 21.8 Å². The third-order valence-electron chi connectivity index (χ3n) is 3.31. The molecule has 0 saturated carbocycles. The normalized spacial score (nSPS) is 11.5. The van der Waals surface area contributed by atoms with E-state index < -0.39 is 23.2 Å². The van der Waals surface area contributed by atoms with Crippen molar-refractivity contribution < 1.29 is 22.5 Å². The predicted octanol–water partition coefficient (Wildman–Crippen LogP) is 2.42. The van der Waals surface area contributed by atoms with Gasteiger partial charge in [0.2, 0.25) is 11.7 Å². The highest BCUT2D eigenvalue weighted by Gasteiger charge is 2.34. The Morgan fingerprint density at radius 1 is 1.32 bits per heavy atom. The quantitative estimate of drug-likeness (QED) is 0.780. The zero-order chi connectivity index (χ0) is 18.0. The highest BCUT2D eigenvalue weighted by Crippen LogP contribution is 2.31. The smallest absolute Gasteiger partial charge is 0.343 e. The number of aryl methyl sites for hydroxylation is 1. The van der Waals surface area contributed by atoms with E-state index in [2.05, 4.69) is 20.6 Å². The Bertz CT molecular complexity index is 900. The van der Waals surface area contributed by atoms with Crippen LogP contribution in [-0.4, -0.2) is 25.8 Å². The van der Waals surface area contributed by atoms with E-state index in [1.54, 1.807) is 17.9 Å². The lowest BCUT2D eigenvalue weighted by Gasteiger charge is -2.11. The molecule has 3 rings (SSSR count). The molecule has 0 fully saturated rings. The Morgan fingerprint density at radius 2 is 2.08 bits per heavy atom. The number of hydrogen-bond acceptors (Lipinski definition) is 5. The Kier molecular flexibility index (Phi) is 4.26. The minimum absolute atomic E-state index is 0.0664. The summed E-state index contributed by atoms with van der Waals surface area (Å²) in [6, 6.07) is 4.53. The van der Waals surface area contributed by atoms with E-state index in [1.807, 2.05) is 0 Å². The van der Waals surface area contributed by atoms with Crippen molar-refractivity contribution in [2.45, 2.75) is 12.7 Å². The summed E-state index contributed by atoms with van der Waals surface area (Å²) in [4.78, 5) is 16.1. The molecule has 2 aromatic heterocycles. The van der Waals surface area contributed by atoms with Gasteiger partial charge in [0.05, 0.1) is 29.4 Å². The molecule has 1 N–H and O–H groups in total. The molecule has 2 heterocycles. The number of nitrogens with one attached hydrogen (secondary N) is 1. The van der Waals surface area contributed by atoms with Gasteiger partial charge in [0.25, 0.3) is 5.91 Å². The molecule has 0 aliphatic rings. The van der Waals surface area contributed by atoms with E-state index in [-0.39, 0.29) is 18.3 Å². The molecule has 0 saturated heterocycles. The summed E-state index contributed by atoms with van der Waals surface area (Å²) in [6.07, 6.45) is -1.41. The van der Waals surface area contributed by atoms with Crippen LogP contribution in [0.5, 0.6) is 0 Å². The van der Waals surface area contributed by atoms with E-state index in [9.17, 15) is 18.0 Å². The maximum atomic E-state index is 12.9. The minimum atomic E-state index is -4.62. The van der Waals surface area contributed by atoms with E-state index in [0.29, 0.717) is 5.56 Å². The summed E-state index contributed by atoms with van der Waals surface area (Å²) in [5.74, 6) is -0.543. The number of amides is 1. The Balaban J connectivity index is 1.71. The molecule has 10 heteroatoms. The van der Waals surface area contributed by atoms with Gasteiger partial charge in [-0.2, -0.15) is 23.3 Å². The van der Waals surface area contributed by atoms with Gasteiger partial charge in [-0.05, 0) is 12.1 Å². The lowest BCUT2D eigenvalue weighted by molar-refractivity contribution is -0.137. The topological polar surface area (TPSA) is 85.8 Å². The van der Waals surface area contributed by atoms with Gasteiger partial charge in [-0.1, -0.05) is 17.3 Å². The molecule has 7 nitrogen and oxygen atoms in total. The number of nitrogens with zero attached hydrogens (tertiary/aromatic N) is 4.